The molecule has 0 bridgehead atoms. The second-order valence-electron chi connectivity index (χ2n) is 25.5. The van der Waals surface area contributed by atoms with Crippen molar-refractivity contribution in [1.82, 2.24) is 0 Å². The molecule has 2 unspecified atom stereocenters. The van der Waals surface area contributed by atoms with Gasteiger partial charge in [-0.25, -0.2) is 4.57 Å². The first-order valence-corrected chi connectivity index (χ1v) is 39.0. The topological polar surface area (TPSA) is 134 Å². The largest absolute Gasteiger partial charge is 0.472 e. The average molecular weight is 1220 g/mol. The molecule has 2 atom stereocenters. The summed E-state index contributed by atoms with van der Waals surface area (Å²) in [7, 11) is -4.39. The third kappa shape index (κ3) is 71.2. The van der Waals surface area contributed by atoms with Gasteiger partial charge in [-0.15, -0.1) is 0 Å². The molecule has 0 saturated heterocycles. The lowest BCUT2D eigenvalue weighted by molar-refractivity contribution is -0.161. The van der Waals surface area contributed by atoms with Crippen molar-refractivity contribution in [2.24, 2.45) is 5.73 Å². The van der Waals surface area contributed by atoms with Crippen LogP contribution >= 0.6 is 7.82 Å². The Hall–Kier alpha value is -1.77. The Morgan fingerprint density at radius 1 is 0.353 bits per heavy atom. The molecule has 0 amide bonds. The van der Waals surface area contributed by atoms with Gasteiger partial charge in [-0.3, -0.25) is 18.6 Å². The average Bonchev–Trinajstić information content (AvgIpc) is 3.53. The summed E-state index contributed by atoms with van der Waals surface area (Å²) in [6, 6.07) is 0. The zero-order valence-electron chi connectivity index (χ0n) is 56.6. The molecule has 0 aliphatic carbocycles. The summed E-state index contributed by atoms with van der Waals surface area (Å²) in [6.45, 7) is 3.82. The number of carbonyl (C=O) groups is 2. The SMILES string of the molecule is CCCCCCC/C=C\C/C=C\C/C=C\CCCCCCCCCCCCCCCCCCCCCCCCCCC(=O)OC(COC(=O)CCCCCCCCCCCCCCCCCCCCCCCCCCC)COP(=O)(O)OCCN. The van der Waals surface area contributed by atoms with Crippen LogP contribution in [0.3, 0.4) is 0 Å². The van der Waals surface area contributed by atoms with E-state index in [1.807, 2.05) is 0 Å². The van der Waals surface area contributed by atoms with Gasteiger partial charge in [-0.1, -0.05) is 371 Å². The van der Waals surface area contributed by atoms with Gasteiger partial charge in [0, 0.05) is 19.4 Å². The van der Waals surface area contributed by atoms with Crippen molar-refractivity contribution in [2.75, 3.05) is 26.4 Å². The van der Waals surface area contributed by atoms with Crippen LogP contribution < -0.4 is 5.73 Å². The standard InChI is InChI=1S/C75H144NO8P/c1-3-5-7-9-11-13-15-17-19-21-23-25-27-29-30-31-32-33-34-35-36-37-38-39-40-41-42-44-46-48-50-52-54-56-58-60-62-64-66-68-75(78)84-73(72-83-85(79,80)82-70-69-76)71-81-74(77)67-65-63-61-59-57-55-53-51-49-47-45-43-28-26-24-22-20-18-16-14-12-10-8-6-4-2/h15,17,21,23,27,29,73H,3-14,16,18-20,22,24-26,28,30-72,76H2,1-2H3,(H,79,80)/b17-15-,23-21-,29-27-. The molecule has 0 heterocycles. The first-order chi connectivity index (χ1) is 41.8. The van der Waals surface area contributed by atoms with Crippen LogP contribution in [-0.4, -0.2) is 49.3 Å². The van der Waals surface area contributed by atoms with Crippen molar-refractivity contribution in [3.05, 3.63) is 36.5 Å². The molecule has 0 aliphatic heterocycles. The lowest BCUT2D eigenvalue weighted by Crippen LogP contribution is -2.29. The highest BCUT2D eigenvalue weighted by molar-refractivity contribution is 7.47. The number of phosphoric acid groups is 1. The van der Waals surface area contributed by atoms with Crippen molar-refractivity contribution in [2.45, 2.75) is 405 Å². The van der Waals surface area contributed by atoms with E-state index in [9.17, 15) is 19.0 Å². The second-order valence-corrected chi connectivity index (χ2v) is 27.0. The fourth-order valence-corrected chi connectivity index (χ4v) is 12.2. The fraction of sp³-hybridized carbons (Fsp3) is 0.893. The van der Waals surface area contributed by atoms with Crippen LogP contribution in [0.25, 0.3) is 0 Å². The van der Waals surface area contributed by atoms with E-state index in [0.717, 1.165) is 44.9 Å². The van der Waals surface area contributed by atoms with Crippen molar-refractivity contribution in [1.29, 1.82) is 0 Å². The van der Waals surface area contributed by atoms with Gasteiger partial charge in [0.05, 0.1) is 13.2 Å². The van der Waals surface area contributed by atoms with Crippen LogP contribution in [0.1, 0.15) is 399 Å². The monoisotopic (exact) mass is 1220 g/mol. The number of esters is 2. The number of phosphoric ester groups is 1. The zero-order chi connectivity index (χ0) is 61.6. The molecular weight excluding hydrogens is 1070 g/mol. The van der Waals surface area contributed by atoms with Gasteiger partial charge in [0.2, 0.25) is 0 Å². The smallest absolute Gasteiger partial charge is 0.462 e. The number of hydrogen-bond donors (Lipinski definition) is 2. The Kier molecular flexibility index (Phi) is 69.8. The van der Waals surface area contributed by atoms with E-state index in [1.165, 1.54) is 321 Å². The van der Waals surface area contributed by atoms with E-state index < -0.39 is 26.5 Å². The molecule has 0 aromatic heterocycles. The Morgan fingerprint density at radius 2 is 0.612 bits per heavy atom. The molecule has 0 saturated carbocycles. The Morgan fingerprint density at radius 3 is 0.906 bits per heavy atom. The van der Waals surface area contributed by atoms with Crippen molar-refractivity contribution >= 4 is 19.8 Å². The van der Waals surface area contributed by atoms with E-state index in [-0.39, 0.29) is 38.6 Å². The van der Waals surface area contributed by atoms with Crippen LogP contribution in [0.4, 0.5) is 0 Å². The summed E-state index contributed by atoms with van der Waals surface area (Å²) in [5, 5.41) is 0. The highest BCUT2D eigenvalue weighted by Crippen LogP contribution is 2.43. The van der Waals surface area contributed by atoms with Crippen molar-refractivity contribution in [3.63, 3.8) is 0 Å². The van der Waals surface area contributed by atoms with Gasteiger partial charge in [0.15, 0.2) is 6.10 Å². The van der Waals surface area contributed by atoms with Gasteiger partial charge in [-0.2, -0.15) is 0 Å². The summed E-state index contributed by atoms with van der Waals surface area (Å²) < 4.78 is 33.2. The molecule has 0 radical (unpaired) electrons. The van der Waals surface area contributed by atoms with E-state index >= 15 is 0 Å². The molecule has 0 aliphatic rings. The molecule has 0 aromatic rings. The molecule has 3 N–H and O–H groups in total. The number of rotatable bonds is 72. The molecule has 0 spiro atoms. The van der Waals surface area contributed by atoms with Crippen LogP contribution in [-0.2, 0) is 32.7 Å². The van der Waals surface area contributed by atoms with Crippen molar-refractivity contribution < 1.29 is 37.6 Å². The number of allylic oxidation sites excluding steroid dienone is 6. The second kappa shape index (κ2) is 71.3. The minimum absolute atomic E-state index is 0.0570. The van der Waals surface area contributed by atoms with Crippen LogP contribution in [0.5, 0.6) is 0 Å². The number of hydrogen-bond acceptors (Lipinski definition) is 8. The number of ether oxygens (including phenoxy) is 2. The van der Waals surface area contributed by atoms with E-state index in [0.29, 0.717) is 6.42 Å². The quantitative estimate of drug-likeness (QED) is 0.0264. The molecule has 0 rings (SSSR count). The Labute approximate surface area is 528 Å². The normalized spacial score (nSPS) is 13.0. The third-order valence-corrected chi connectivity index (χ3v) is 18.0. The number of nitrogens with two attached hydrogens (primary N) is 1. The first kappa shape index (κ1) is 83.2. The molecule has 85 heavy (non-hydrogen) atoms. The van der Waals surface area contributed by atoms with Crippen LogP contribution in [0.15, 0.2) is 36.5 Å². The minimum Gasteiger partial charge on any atom is -0.462 e. The maximum absolute atomic E-state index is 12.8. The van der Waals surface area contributed by atoms with Gasteiger partial charge >= 0.3 is 19.8 Å². The lowest BCUT2D eigenvalue weighted by atomic mass is 10.0. The number of carbonyl (C=O) groups excluding carboxylic acids is 2. The zero-order valence-corrected chi connectivity index (χ0v) is 57.5. The predicted octanol–water partition coefficient (Wildman–Crippen LogP) is 24.6. The molecule has 0 aromatic carbocycles. The Balaban J connectivity index is 3.76. The molecule has 502 valence electrons. The van der Waals surface area contributed by atoms with Gasteiger partial charge in [-0.05, 0) is 51.4 Å². The fourth-order valence-electron chi connectivity index (χ4n) is 11.5. The van der Waals surface area contributed by atoms with Crippen LogP contribution in [0, 0.1) is 0 Å². The van der Waals surface area contributed by atoms with E-state index in [4.69, 9.17) is 24.3 Å². The highest BCUT2D eigenvalue weighted by atomic mass is 31.2. The van der Waals surface area contributed by atoms with Gasteiger partial charge < -0.3 is 20.1 Å². The lowest BCUT2D eigenvalue weighted by Gasteiger charge is -2.19. The molecule has 10 heteroatoms. The van der Waals surface area contributed by atoms with Crippen LogP contribution in [0.2, 0.25) is 0 Å². The predicted molar refractivity (Wildman–Crippen MR) is 367 cm³/mol. The minimum atomic E-state index is -4.39. The van der Waals surface area contributed by atoms with Gasteiger partial charge in [0.25, 0.3) is 0 Å². The summed E-state index contributed by atoms with van der Waals surface area (Å²) >= 11 is 0. The summed E-state index contributed by atoms with van der Waals surface area (Å²) in [6.07, 6.45) is 89.8. The highest BCUT2D eigenvalue weighted by Gasteiger charge is 2.26. The third-order valence-electron chi connectivity index (χ3n) is 17.0. The first-order valence-electron chi connectivity index (χ1n) is 37.5. The van der Waals surface area contributed by atoms with Crippen molar-refractivity contribution in [3.8, 4) is 0 Å². The Bertz CT molecular complexity index is 1490. The summed E-state index contributed by atoms with van der Waals surface area (Å²) in [4.78, 5) is 35.4. The maximum Gasteiger partial charge on any atom is 0.472 e. The van der Waals surface area contributed by atoms with E-state index in [2.05, 4.69) is 50.3 Å². The molecular formula is C75H144NO8P. The van der Waals surface area contributed by atoms with Gasteiger partial charge in [0.1, 0.15) is 6.61 Å². The molecule has 0 fully saturated rings. The maximum atomic E-state index is 12.8. The number of unbranched alkanes of at least 4 members (excludes halogenated alkanes) is 53. The summed E-state index contributed by atoms with van der Waals surface area (Å²) in [5.74, 6) is -0.801. The summed E-state index contributed by atoms with van der Waals surface area (Å²) in [5.41, 5.74) is 5.41. The molecule has 9 nitrogen and oxygen atoms in total. The van der Waals surface area contributed by atoms with E-state index in [1.54, 1.807) is 0 Å².